The van der Waals surface area contributed by atoms with Gasteiger partial charge < -0.3 is 10.2 Å². The number of amidine groups is 1. The van der Waals surface area contributed by atoms with E-state index in [9.17, 15) is 9.18 Å². The monoisotopic (exact) mass is 325 g/mol. The van der Waals surface area contributed by atoms with Gasteiger partial charge in [0, 0.05) is 24.3 Å². The number of nitrogens with one attached hydrogen (secondary N) is 2. The Morgan fingerprint density at radius 2 is 1.88 bits per heavy atom. The molecule has 1 fully saturated rings. The summed E-state index contributed by atoms with van der Waals surface area (Å²) in [4.78, 5) is 14.0. The van der Waals surface area contributed by atoms with Gasteiger partial charge in [0.2, 0.25) is 5.91 Å². The Morgan fingerprint density at radius 1 is 1.12 bits per heavy atom. The predicted molar refractivity (Wildman–Crippen MR) is 94.1 cm³/mol. The molecule has 5 heteroatoms. The molecule has 2 aromatic rings. The molecule has 0 atom stereocenters. The Labute approximate surface area is 140 Å². The summed E-state index contributed by atoms with van der Waals surface area (Å²) in [6.45, 7) is 0.859. The van der Waals surface area contributed by atoms with E-state index in [1.165, 1.54) is 6.07 Å². The molecular weight excluding hydrogens is 305 g/mol. The van der Waals surface area contributed by atoms with Crippen LogP contribution in [0.15, 0.2) is 48.5 Å². The first kappa shape index (κ1) is 16.2. The van der Waals surface area contributed by atoms with Crippen molar-refractivity contribution < 1.29 is 9.18 Å². The van der Waals surface area contributed by atoms with Crippen LogP contribution in [-0.4, -0.2) is 18.3 Å². The van der Waals surface area contributed by atoms with Gasteiger partial charge in [-0.2, -0.15) is 0 Å². The fourth-order valence-electron chi connectivity index (χ4n) is 2.86. The quantitative estimate of drug-likeness (QED) is 0.893. The Hall–Kier alpha value is -2.69. The molecule has 0 unspecified atom stereocenters. The lowest BCUT2D eigenvalue weighted by Crippen LogP contribution is -2.34. The van der Waals surface area contributed by atoms with E-state index in [0.29, 0.717) is 17.1 Å². The Balaban J connectivity index is 1.62. The highest BCUT2D eigenvalue weighted by atomic mass is 19.1. The van der Waals surface area contributed by atoms with E-state index < -0.39 is 0 Å². The first-order valence-electron chi connectivity index (χ1n) is 8.12. The van der Waals surface area contributed by atoms with Gasteiger partial charge in [0.25, 0.3) is 0 Å². The summed E-state index contributed by atoms with van der Waals surface area (Å²) in [5, 5.41) is 10.8. The molecule has 1 amide bonds. The first-order chi connectivity index (χ1) is 11.6. The standard InChI is InChI=1S/C19H20FN3O/c20-17-6-2-1-5-14(17)13-19(24)22-15-8-10-16(11-9-15)23-12-4-3-7-18(23)21/h1-2,5-6,8-11,21H,3-4,7,12-13H2,(H,22,24). The number of rotatable bonds is 4. The van der Waals surface area contributed by atoms with E-state index in [-0.39, 0.29) is 18.1 Å². The van der Waals surface area contributed by atoms with Gasteiger partial charge in [-0.1, -0.05) is 18.2 Å². The van der Waals surface area contributed by atoms with Crippen LogP contribution >= 0.6 is 0 Å². The van der Waals surface area contributed by atoms with E-state index in [1.807, 2.05) is 29.2 Å². The second-order valence-corrected chi connectivity index (χ2v) is 5.92. The minimum atomic E-state index is -0.369. The Kier molecular flexibility index (Phi) is 4.89. The van der Waals surface area contributed by atoms with Crippen molar-refractivity contribution >= 4 is 23.1 Å². The number of carbonyl (C=O) groups is 1. The number of hydrogen-bond donors (Lipinski definition) is 2. The maximum atomic E-state index is 13.6. The third-order valence-corrected chi connectivity index (χ3v) is 4.14. The smallest absolute Gasteiger partial charge is 0.228 e. The van der Waals surface area contributed by atoms with Crippen molar-refractivity contribution in [3.63, 3.8) is 0 Å². The van der Waals surface area contributed by atoms with Gasteiger partial charge in [-0.05, 0) is 48.7 Å². The van der Waals surface area contributed by atoms with E-state index >= 15 is 0 Å². The van der Waals surface area contributed by atoms with Crippen LogP contribution in [0.4, 0.5) is 15.8 Å². The summed E-state index contributed by atoms with van der Waals surface area (Å²) in [6.07, 6.45) is 2.97. The summed E-state index contributed by atoms with van der Waals surface area (Å²) in [5.74, 6) is 0.0164. The molecule has 0 saturated carbocycles. The minimum Gasteiger partial charge on any atom is -0.330 e. The maximum absolute atomic E-state index is 13.6. The van der Waals surface area contributed by atoms with Crippen molar-refractivity contribution in [2.75, 3.05) is 16.8 Å². The van der Waals surface area contributed by atoms with Crippen molar-refractivity contribution in [1.82, 2.24) is 0 Å². The molecule has 0 aromatic heterocycles. The molecule has 3 rings (SSSR count). The molecule has 1 aliphatic heterocycles. The molecule has 0 spiro atoms. The second kappa shape index (κ2) is 7.25. The van der Waals surface area contributed by atoms with E-state index in [0.717, 1.165) is 31.5 Å². The summed E-state index contributed by atoms with van der Waals surface area (Å²) >= 11 is 0. The SMILES string of the molecule is N=C1CCCCN1c1ccc(NC(=O)Cc2ccccc2F)cc1. The number of piperidine rings is 1. The van der Waals surface area contributed by atoms with Crippen molar-refractivity contribution in [1.29, 1.82) is 5.41 Å². The van der Waals surface area contributed by atoms with E-state index in [1.54, 1.807) is 18.2 Å². The molecule has 124 valence electrons. The van der Waals surface area contributed by atoms with Gasteiger partial charge in [0.05, 0.1) is 6.42 Å². The summed E-state index contributed by atoms with van der Waals surface area (Å²) in [7, 11) is 0. The lowest BCUT2D eigenvalue weighted by molar-refractivity contribution is -0.115. The lowest BCUT2D eigenvalue weighted by atomic mass is 10.1. The molecule has 1 saturated heterocycles. The molecule has 0 bridgehead atoms. The molecule has 24 heavy (non-hydrogen) atoms. The van der Waals surface area contributed by atoms with Crippen LogP contribution in [0.5, 0.6) is 0 Å². The highest BCUT2D eigenvalue weighted by molar-refractivity contribution is 5.97. The topological polar surface area (TPSA) is 56.2 Å². The third kappa shape index (κ3) is 3.79. The van der Waals surface area contributed by atoms with Crippen LogP contribution < -0.4 is 10.2 Å². The number of benzene rings is 2. The normalized spacial score (nSPS) is 14.5. The molecule has 2 N–H and O–H groups in total. The van der Waals surface area contributed by atoms with Crippen LogP contribution in [0.2, 0.25) is 0 Å². The molecule has 2 aromatic carbocycles. The number of carbonyl (C=O) groups excluding carboxylic acids is 1. The van der Waals surface area contributed by atoms with Crippen molar-refractivity contribution in [3.05, 3.63) is 59.9 Å². The van der Waals surface area contributed by atoms with Gasteiger partial charge >= 0.3 is 0 Å². The fourth-order valence-corrected chi connectivity index (χ4v) is 2.86. The molecule has 1 aliphatic rings. The van der Waals surface area contributed by atoms with Crippen molar-refractivity contribution in [3.8, 4) is 0 Å². The van der Waals surface area contributed by atoms with Crippen LogP contribution in [0.1, 0.15) is 24.8 Å². The zero-order chi connectivity index (χ0) is 16.9. The zero-order valence-corrected chi connectivity index (χ0v) is 13.4. The number of anilines is 2. The molecule has 1 heterocycles. The summed E-state index contributed by atoms with van der Waals surface area (Å²) in [6, 6.07) is 13.7. The number of amides is 1. The van der Waals surface area contributed by atoms with Gasteiger partial charge in [-0.25, -0.2) is 4.39 Å². The van der Waals surface area contributed by atoms with Gasteiger partial charge in [0.15, 0.2) is 0 Å². The number of hydrogen-bond acceptors (Lipinski definition) is 2. The molecule has 0 aliphatic carbocycles. The Morgan fingerprint density at radius 3 is 2.58 bits per heavy atom. The van der Waals surface area contributed by atoms with Gasteiger partial charge in [0.1, 0.15) is 11.7 Å². The van der Waals surface area contributed by atoms with E-state index in [2.05, 4.69) is 5.32 Å². The molecule has 4 nitrogen and oxygen atoms in total. The van der Waals surface area contributed by atoms with Crippen LogP contribution in [0.3, 0.4) is 0 Å². The minimum absolute atomic E-state index is 0.00515. The third-order valence-electron chi connectivity index (χ3n) is 4.14. The lowest BCUT2D eigenvalue weighted by Gasteiger charge is -2.29. The van der Waals surface area contributed by atoms with Crippen molar-refractivity contribution in [2.45, 2.75) is 25.7 Å². The van der Waals surface area contributed by atoms with Crippen LogP contribution in [-0.2, 0) is 11.2 Å². The number of nitrogens with zero attached hydrogens (tertiary/aromatic N) is 1. The van der Waals surface area contributed by atoms with Gasteiger partial charge in [-0.3, -0.25) is 10.2 Å². The average molecular weight is 325 g/mol. The first-order valence-corrected chi connectivity index (χ1v) is 8.12. The highest BCUT2D eigenvalue weighted by Crippen LogP contribution is 2.23. The fraction of sp³-hybridized carbons (Fsp3) is 0.263. The molecule has 0 radical (unpaired) electrons. The average Bonchev–Trinajstić information content (AvgIpc) is 2.58. The van der Waals surface area contributed by atoms with Gasteiger partial charge in [-0.15, -0.1) is 0 Å². The summed E-state index contributed by atoms with van der Waals surface area (Å²) < 4.78 is 13.6. The largest absolute Gasteiger partial charge is 0.330 e. The predicted octanol–water partition coefficient (Wildman–Crippen LogP) is 3.97. The maximum Gasteiger partial charge on any atom is 0.228 e. The second-order valence-electron chi connectivity index (χ2n) is 5.92. The zero-order valence-electron chi connectivity index (χ0n) is 13.4. The van der Waals surface area contributed by atoms with E-state index in [4.69, 9.17) is 5.41 Å². The van der Waals surface area contributed by atoms with Crippen molar-refractivity contribution in [2.24, 2.45) is 0 Å². The molecular formula is C19H20FN3O. The van der Waals surface area contributed by atoms with Crippen LogP contribution in [0, 0.1) is 11.2 Å². The summed E-state index contributed by atoms with van der Waals surface area (Å²) in [5.41, 5.74) is 2.02. The van der Waals surface area contributed by atoms with Crippen LogP contribution in [0.25, 0.3) is 0 Å². The highest BCUT2D eigenvalue weighted by Gasteiger charge is 2.16. The number of halogens is 1. The Bertz CT molecular complexity index is 743.